The van der Waals surface area contributed by atoms with Crippen molar-refractivity contribution in [2.45, 2.75) is 26.2 Å². The van der Waals surface area contributed by atoms with E-state index in [4.69, 9.17) is 0 Å². The molecular formula is C26H25FN4O. The minimum absolute atomic E-state index is 0.00764. The number of halogens is 1. The summed E-state index contributed by atoms with van der Waals surface area (Å²) >= 11 is 0. The third-order valence-electron chi connectivity index (χ3n) is 6.25. The number of para-hydroxylation sites is 1. The molecule has 1 amide bonds. The molecule has 4 aromatic rings. The number of nitrogens with zero attached hydrogens (tertiary/aromatic N) is 4. The number of carbonyl (C=O) groups excluding carboxylic acids is 1. The maximum atomic E-state index is 14.4. The second-order valence-corrected chi connectivity index (χ2v) is 8.48. The highest BCUT2D eigenvalue weighted by Crippen LogP contribution is 2.27. The van der Waals surface area contributed by atoms with Gasteiger partial charge < -0.3 is 4.90 Å². The Bertz CT molecular complexity index is 1260. The van der Waals surface area contributed by atoms with Crippen molar-refractivity contribution in [1.82, 2.24) is 19.7 Å². The minimum atomic E-state index is -0.380. The number of likely N-dealkylation sites (tertiary alicyclic amines) is 1. The second kappa shape index (κ2) is 8.54. The molecule has 6 heteroatoms. The largest absolute Gasteiger partial charge is 0.339 e. The molecule has 0 saturated carbocycles. The SMILES string of the molecule is Cc1cc(C(=O)N2CCC(Cc3ccccc3)CC2)c2cnn(-c3ccccc3F)c2n1. The van der Waals surface area contributed by atoms with Gasteiger partial charge in [0.25, 0.3) is 5.91 Å². The zero-order valence-electron chi connectivity index (χ0n) is 18.0. The predicted octanol–water partition coefficient (Wildman–Crippen LogP) is 4.96. The fraction of sp³-hybridized carbons (Fsp3) is 0.269. The van der Waals surface area contributed by atoms with Crippen molar-refractivity contribution in [2.75, 3.05) is 13.1 Å². The van der Waals surface area contributed by atoms with Gasteiger partial charge in [-0.2, -0.15) is 5.10 Å². The number of pyridine rings is 1. The highest BCUT2D eigenvalue weighted by molar-refractivity contribution is 6.05. The summed E-state index contributed by atoms with van der Waals surface area (Å²) in [5.74, 6) is 0.199. The molecule has 2 aromatic heterocycles. The van der Waals surface area contributed by atoms with Crippen molar-refractivity contribution in [3.05, 3.63) is 89.5 Å². The van der Waals surface area contributed by atoms with E-state index in [1.807, 2.05) is 24.0 Å². The maximum Gasteiger partial charge on any atom is 0.254 e. The van der Waals surface area contributed by atoms with Crippen molar-refractivity contribution >= 4 is 16.9 Å². The van der Waals surface area contributed by atoms with Crippen LogP contribution < -0.4 is 0 Å². The van der Waals surface area contributed by atoms with E-state index in [0.717, 1.165) is 32.4 Å². The summed E-state index contributed by atoms with van der Waals surface area (Å²) in [5, 5.41) is 5.01. The van der Waals surface area contributed by atoms with E-state index in [1.165, 1.54) is 16.3 Å². The van der Waals surface area contributed by atoms with Crippen LogP contribution in [-0.2, 0) is 6.42 Å². The monoisotopic (exact) mass is 428 g/mol. The zero-order valence-corrected chi connectivity index (χ0v) is 18.0. The minimum Gasteiger partial charge on any atom is -0.339 e. The predicted molar refractivity (Wildman–Crippen MR) is 122 cm³/mol. The van der Waals surface area contributed by atoms with Gasteiger partial charge in [-0.3, -0.25) is 4.79 Å². The topological polar surface area (TPSA) is 51.0 Å². The summed E-state index contributed by atoms with van der Waals surface area (Å²) in [5.41, 5.74) is 3.46. The molecule has 162 valence electrons. The molecule has 0 aliphatic carbocycles. The molecule has 1 aliphatic rings. The summed E-state index contributed by atoms with van der Waals surface area (Å²) in [6.45, 7) is 3.32. The van der Waals surface area contributed by atoms with Gasteiger partial charge in [-0.1, -0.05) is 42.5 Å². The molecule has 2 aromatic carbocycles. The highest BCUT2D eigenvalue weighted by atomic mass is 19.1. The van der Waals surface area contributed by atoms with Gasteiger partial charge in [-0.05, 0) is 55.9 Å². The number of carbonyl (C=O) groups is 1. The van der Waals surface area contributed by atoms with Crippen LogP contribution >= 0.6 is 0 Å². The summed E-state index contributed by atoms with van der Waals surface area (Å²) in [7, 11) is 0. The lowest BCUT2D eigenvalue weighted by molar-refractivity contribution is 0.0692. The van der Waals surface area contributed by atoms with Crippen LogP contribution in [0.5, 0.6) is 0 Å². The van der Waals surface area contributed by atoms with Crippen LogP contribution in [0.25, 0.3) is 16.7 Å². The first kappa shape index (κ1) is 20.4. The molecular weight excluding hydrogens is 403 g/mol. The number of hydrogen-bond acceptors (Lipinski definition) is 3. The van der Waals surface area contributed by atoms with Gasteiger partial charge in [0.05, 0.1) is 17.1 Å². The van der Waals surface area contributed by atoms with Crippen LogP contribution in [0, 0.1) is 18.7 Å². The Labute approximate surface area is 186 Å². The van der Waals surface area contributed by atoms with Crippen molar-refractivity contribution in [2.24, 2.45) is 5.92 Å². The molecule has 0 spiro atoms. The van der Waals surface area contributed by atoms with E-state index < -0.39 is 0 Å². The zero-order chi connectivity index (χ0) is 22.1. The second-order valence-electron chi connectivity index (χ2n) is 8.48. The maximum absolute atomic E-state index is 14.4. The lowest BCUT2D eigenvalue weighted by atomic mass is 9.90. The van der Waals surface area contributed by atoms with Gasteiger partial charge in [-0.25, -0.2) is 14.1 Å². The Morgan fingerprint density at radius 3 is 2.53 bits per heavy atom. The van der Waals surface area contributed by atoms with Crippen molar-refractivity contribution in [3.8, 4) is 5.69 Å². The van der Waals surface area contributed by atoms with Crippen LogP contribution in [0.1, 0.15) is 34.5 Å². The quantitative estimate of drug-likeness (QED) is 0.462. The summed E-state index contributed by atoms with van der Waals surface area (Å²) in [6.07, 6.45) is 4.64. The van der Waals surface area contributed by atoms with Gasteiger partial charge >= 0.3 is 0 Å². The molecule has 1 aliphatic heterocycles. The normalized spacial score (nSPS) is 14.8. The van der Waals surface area contributed by atoms with Crippen LogP contribution in [0.3, 0.4) is 0 Å². The van der Waals surface area contributed by atoms with E-state index >= 15 is 0 Å². The Hall–Kier alpha value is -3.54. The highest BCUT2D eigenvalue weighted by Gasteiger charge is 2.26. The number of benzene rings is 2. The number of piperidine rings is 1. The fourth-order valence-electron chi connectivity index (χ4n) is 4.56. The summed E-state index contributed by atoms with van der Waals surface area (Å²) < 4.78 is 15.8. The van der Waals surface area contributed by atoms with Crippen LogP contribution in [0.2, 0.25) is 0 Å². The molecule has 5 nitrogen and oxygen atoms in total. The molecule has 1 fully saturated rings. The molecule has 0 N–H and O–H groups in total. The number of aromatic nitrogens is 3. The molecule has 0 radical (unpaired) electrons. The van der Waals surface area contributed by atoms with Gasteiger partial charge in [0, 0.05) is 18.8 Å². The van der Waals surface area contributed by atoms with Gasteiger partial charge in [0.1, 0.15) is 11.5 Å². The number of hydrogen-bond donors (Lipinski definition) is 0. The first-order valence-corrected chi connectivity index (χ1v) is 11.0. The van der Waals surface area contributed by atoms with Crippen LogP contribution in [-0.4, -0.2) is 38.7 Å². The average molecular weight is 429 g/mol. The molecule has 32 heavy (non-hydrogen) atoms. The third kappa shape index (κ3) is 3.88. The van der Waals surface area contributed by atoms with Gasteiger partial charge in [0.2, 0.25) is 0 Å². The molecule has 0 atom stereocenters. The number of fused-ring (bicyclic) bond motifs is 1. The molecule has 0 bridgehead atoms. The number of amides is 1. The molecule has 5 rings (SSSR count). The Balaban J connectivity index is 1.38. The third-order valence-corrected chi connectivity index (χ3v) is 6.25. The average Bonchev–Trinajstić information content (AvgIpc) is 3.23. The van der Waals surface area contributed by atoms with E-state index in [0.29, 0.717) is 33.9 Å². The first-order valence-electron chi connectivity index (χ1n) is 11.0. The van der Waals surface area contributed by atoms with Crippen LogP contribution in [0.15, 0.2) is 66.9 Å². The summed E-state index contributed by atoms with van der Waals surface area (Å²) in [6, 6.07) is 18.8. The lowest BCUT2D eigenvalue weighted by Gasteiger charge is -2.32. The van der Waals surface area contributed by atoms with Gasteiger partial charge in [0.15, 0.2) is 5.65 Å². The summed E-state index contributed by atoms with van der Waals surface area (Å²) in [4.78, 5) is 19.9. The van der Waals surface area contributed by atoms with E-state index in [2.05, 4.69) is 34.3 Å². The number of aryl methyl sites for hydroxylation is 1. The van der Waals surface area contributed by atoms with E-state index in [1.54, 1.807) is 24.4 Å². The standard InChI is InChI=1S/C26H25FN4O/c1-18-15-21(22-17-28-31(25(22)29-18)24-10-6-5-9-23(24)27)26(32)30-13-11-20(12-14-30)16-19-7-3-2-4-8-19/h2-10,15,17,20H,11-14,16H2,1H3. The fourth-order valence-corrected chi connectivity index (χ4v) is 4.56. The van der Waals surface area contributed by atoms with Crippen molar-refractivity contribution < 1.29 is 9.18 Å². The van der Waals surface area contributed by atoms with Crippen LogP contribution in [0.4, 0.5) is 4.39 Å². The smallest absolute Gasteiger partial charge is 0.254 e. The lowest BCUT2D eigenvalue weighted by Crippen LogP contribution is -2.39. The molecule has 3 heterocycles. The van der Waals surface area contributed by atoms with E-state index in [9.17, 15) is 9.18 Å². The first-order chi connectivity index (χ1) is 15.6. The Morgan fingerprint density at radius 1 is 1.06 bits per heavy atom. The Kier molecular flexibility index (Phi) is 5.43. The van der Waals surface area contributed by atoms with Crippen molar-refractivity contribution in [1.29, 1.82) is 0 Å². The Morgan fingerprint density at radius 2 is 1.78 bits per heavy atom. The van der Waals surface area contributed by atoms with E-state index in [-0.39, 0.29) is 11.7 Å². The number of rotatable bonds is 4. The van der Waals surface area contributed by atoms with Crippen molar-refractivity contribution in [3.63, 3.8) is 0 Å². The molecule has 1 saturated heterocycles. The van der Waals surface area contributed by atoms with Gasteiger partial charge in [-0.15, -0.1) is 0 Å². The molecule has 0 unspecified atom stereocenters.